The molecule has 0 radical (unpaired) electrons. The Balaban J connectivity index is 2.13. The zero-order valence-electron chi connectivity index (χ0n) is 9.69. The van der Waals surface area contributed by atoms with Crippen LogP contribution in [0.3, 0.4) is 0 Å². The third-order valence-electron chi connectivity index (χ3n) is 3.42. The highest BCUT2D eigenvalue weighted by Gasteiger charge is 2.31. The van der Waals surface area contributed by atoms with Crippen molar-refractivity contribution in [2.75, 3.05) is 0 Å². The minimum atomic E-state index is -0.656. The number of nitrogens with zero attached hydrogens (tertiary/aromatic N) is 1. The normalized spacial score (nSPS) is 17.3. The van der Waals surface area contributed by atoms with Crippen LogP contribution in [0.15, 0.2) is 12.1 Å². The molecule has 0 unspecified atom stereocenters. The highest BCUT2D eigenvalue weighted by atomic mass is 19.1. The third kappa shape index (κ3) is 2.45. The fraction of sp³-hybridized carbons (Fsp3) is 0.462. The van der Waals surface area contributed by atoms with E-state index in [1.165, 1.54) is 0 Å². The molecular weight excluding hydrogens is 222 g/mol. The minimum absolute atomic E-state index is 0.00673. The molecule has 0 aromatic heterocycles. The lowest BCUT2D eigenvalue weighted by molar-refractivity contribution is 0.205. The summed E-state index contributed by atoms with van der Waals surface area (Å²) < 4.78 is 27.1. The van der Waals surface area contributed by atoms with Crippen molar-refractivity contribution in [3.63, 3.8) is 0 Å². The summed E-state index contributed by atoms with van der Waals surface area (Å²) >= 11 is 0. The number of halogens is 2. The molecule has 1 fully saturated rings. The minimum Gasteiger partial charge on any atom is -0.307 e. The van der Waals surface area contributed by atoms with Crippen molar-refractivity contribution in [2.24, 2.45) is 0 Å². The molecule has 90 valence electrons. The largest absolute Gasteiger partial charge is 0.307 e. The molecule has 1 aliphatic rings. The number of hydrogen-bond donors (Lipinski definition) is 1. The van der Waals surface area contributed by atoms with Crippen molar-refractivity contribution in [1.82, 2.24) is 5.32 Å². The number of nitrogens with one attached hydrogen (secondary N) is 1. The van der Waals surface area contributed by atoms with Crippen LogP contribution in [0.4, 0.5) is 8.78 Å². The maximum Gasteiger partial charge on any atom is 0.131 e. The van der Waals surface area contributed by atoms with E-state index < -0.39 is 11.6 Å². The smallest absolute Gasteiger partial charge is 0.131 e. The van der Waals surface area contributed by atoms with Gasteiger partial charge in [0.25, 0.3) is 0 Å². The molecule has 17 heavy (non-hydrogen) atoms. The summed E-state index contributed by atoms with van der Waals surface area (Å²) in [6.07, 6.45) is 3.22. The van der Waals surface area contributed by atoms with Crippen LogP contribution in [0.5, 0.6) is 0 Å². The van der Waals surface area contributed by atoms with Gasteiger partial charge in [-0.2, -0.15) is 5.26 Å². The summed E-state index contributed by atoms with van der Waals surface area (Å²) in [5, 5.41) is 11.8. The molecule has 0 amide bonds. The van der Waals surface area contributed by atoms with E-state index in [1.807, 2.05) is 0 Å². The van der Waals surface area contributed by atoms with Crippen LogP contribution >= 0.6 is 0 Å². The quantitative estimate of drug-likeness (QED) is 0.875. The Morgan fingerprint density at radius 3 is 2.35 bits per heavy atom. The topological polar surface area (TPSA) is 35.8 Å². The van der Waals surface area contributed by atoms with E-state index in [0.29, 0.717) is 0 Å². The molecule has 0 saturated heterocycles. The lowest BCUT2D eigenvalue weighted by atomic mass is 9.78. The van der Waals surface area contributed by atoms with Gasteiger partial charge in [0.15, 0.2) is 0 Å². The maximum absolute atomic E-state index is 13.6. The lowest BCUT2D eigenvalue weighted by Gasteiger charge is -2.39. The highest BCUT2D eigenvalue weighted by molar-refractivity contribution is 5.34. The molecule has 1 aromatic rings. The van der Waals surface area contributed by atoms with Crippen molar-refractivity contribution in [1.29, 1.82) is 5.26 Å². The van der Waals surface area contributed by atoms with E-state index >= 15 is 0 Å². The van der Waals surface area contributed by atoms with Crippen LogP contribution in [0.2, 0.25) is 0 Å². The Labute approximate surface area is 99.3 Å². The van der Waals surface area contributed by atoms with Crippen molar-refractivity contribution in [3.8, 4) is 6.07 Å². The monoisotopic (exact) mass is 236 g/mol. The third-order valence-corrected chi connectivity index (χ3v) is 3.42. The second-order valence-electron chi connectivity index (χ2n) is 4.80. The fourth-order valence-electron chi connectivity index (χ4n) is 2.02. The summed E-state index contributed by atoms with van der Waals surface area (Å²) in [7, 11) is 0. The number of hydrogen-bond acceptors (Lipinski definition) is 2. The average Bonchev–Trinajstić information content (AvgIpc) is 2.25. The molecular formula is C13H14F2N2. The van der Waals surface area contributed by atoms with Gasteiger partial charge in [-0.1, -0.05) is 0 Å². The summed E-state index contributed by atoms with van der Waals surface area (Å²) in [6.45, 7) is 2.22. The van der Waals surface area contributed by atoms with E-state index in [-0.39, 0.29) is 23.2 Å². The summed E-state index contributed by atoms with van der Waals surface area (Å²) in [5.41, 5.74) is 0.0306. The van der Waals surface area contributed by atoms with Crippen LogP contribution < -0.4 is 5.32 Å². The molecule has 0 heterocycles. The van der Waals surface area contributed by atoms with Crippen molar-refractivity contribution < 1.29 is 8.78 Å². The standard InChI is InChI=1S/C13H14F2N2/c1-13(3-2-4-13)17-8-10-11(14)5-9(7-16)6-12(10)15/h5-6,17H,2-4,8H2,1H3. The molecule has 0 bridgehead atoms. The van der Waals surface area contributed by atoms with Gasteiger partial charge in [0.1, 0.15) is 11.6 Å². The lowest BCUT2D eigenvalue weighted by Crippen LogP contribution is -2.47. The van der Waals surface area contributed by atoms with Crippen LogP contribution in [0.25, 0.3) is 0 Å². The number of nitriles is 1. The predicted molar refractivity (Wildman–Crippen MR) is 60.2 cm³/mol. The van der Waals surface area contributed by atoms with E-state index in [4.69, 9.17) is 5.26 Å². The van der Waals surface area contributed by atoms with Gasteiger partial charge in [-0.25, -0.2) is 8.78 Å². The van der Waals surface area contributed by atoms with Gasteiger partial charge in [-0.15, -0.1) is 0 Å². The zero-order chi connectivity index (χ0) is 12.5. The van der Waals surface area contributed by atoms with Crippen molar-refractivity contribution >= 4 is 0 Å². The van der Waals surface area contributed by atoms with Gasteiger partial charge < -0.3 is 5.32 Å². The van der Waals surface area contributed by atoms with Gasteiger partial charge in [0, 0.05) is 17.6 Å². The Morgan fingerprint density at radius 2 is 1.94 bits per heavy atom. The Bertz CT molecular complexity index is 450. The van der Waals surface area contributed by atoms with Crippen LogP contribution in [0.1, 0.15) is 37.3 Å². The van der Waals surface area contributed by atoms with Gasteiger partial charge in [0.05, 0.1) is 11.6 Å². The van der Waals surface area contributed by atoms with E-state index in [1.54, 1.807) is 6.07 Å². The molecule has 1 aromatic carbocycles. The molecule has 0 aliphatic heterocycles. The molecule has 2 nitrogen and oxygen atoms in total. The summed E-state index contributed by atoms with van der Waals surface area (Å²) in [5.74, 6) is -1.31. The second kappa shape index (κ2) is 4.42. The van der Waals surface area contributed by atoms with E-state index in [9.17, 15) is 8.78 Å². The first-order valence-electron chi connectivity index (χ1n) is 5.67. The second-order valence-corrected chi connectivity index (χ2v) is 4.80. The first-order chi connectivity index (χ1) is 8.04. The van der Waals surface area contributed by atoms with Gasteiger partial charge >= 0.3 is 0 Å². The Morgan fingerprint density at radius 1 is 1.35 bits per heavy atom. The number of rotatable bonds is 3. The molecule has 0 atom stereocenters. The van der Waals surface area contributed by atoms with Crippen LogP contribution in [-0.4, -0.2) is 5.54 Å². The maximum atomic E-state index is 13.6. The van der Waals surface area contributed by atoms with Gasteiger partial charge in [-0.05, 0) is 38.3 Å². The first-order valence-corrected chi connectivity index (χ1v) is 5.67. The number of benzene rings is 1. The van der Waals surface area contributed by atoms with Crippen molar-refractivity contribution in [2.45, 2.75) is 38.3 Å². The van der Waals surface area contributed by atoms with E-state index in [2.05, 4.69) is 12.2 Å². The van der Waals surface area contributed by atoms with Crippen LogP contribution in [0, 0.1) is 23.0 Å². The molecule has 4 heteroatoms. The molecule has 1 saturated carbocycles. The average molecular weight is 236 g/mol. The Hall–Kier alpha value is -1.47. The first kappa shape index (κ1) is 12.0. The van der Waals surface area contributed by atoms with E-state index in [0.717, 1.165) is 31.4 Å². The Kier molecular flexibility index (Phi) is 3.12. The summed E-state index contributed by atoms with van der Waals surface area (Å²) in [4.78, 5) is 0. The predicted octanol–water partition coefficient (Wildman–Crippen LogP) is 2.87. The van der Waals surface area contributed by atoms with Gasteiger partial charge in [-0.3, -0.25) is 0 Å². The molecule has 1 N–H and O–H groups in total. The molecule has 2 rings (SSSR count). The van der Waals surface area contributed by atoms with Crippen LogP contribution in [-0.2, 0) is 6.54 Å². The van der Waals surface area contributed by atoms with Gasteiger partial charge in [0.2, 0.25) is 0 Å². The molecule has 1 aliphatic carbocycles. The molecule has 0 spiro atoms. The SMILES string of the molecule is CC1(NCc2c(F)cc(C#N)cc2F)CCC1. The summed E-state index contributed by atoms with van der Waals surface area (Å²) in [6, 6.07) is 3.88. The zero-order valence-corrected chi connectivity index (χ0v) is 9.69. The fourth-order valence-corrected chi connectivity index (χ4v) is 2.02. The highest BCUT2D eigenvalue weighted by Crippen LogP contribution is 2.31. The van der Waals surface area contributed by atoms with Crippen molar-refractivity contribution in [3.05, 3.63) is 34.9 Å².